The van der Waals surface area contributed by atoms with Crippen molar-refractivity contribution in [1.82, 2.24) is 14.8 Å². The number of ether oxygens (including phenoxy) is 2. The van der Waals surface area contributed by atoms with Gasteiger partial charge in [0.25, 0.3) is 0 Å². The Morgan fingerprint density at radius 3 is 2.35 bits per heavy atom. The lowest BCUT2D eigenvalue weighted by Gasteiger charge is -2.37. The van der Waals surface area contributed by atoms with Gasteiger partial charge < -0.3 is 19.7 Å². The molecule has 0 unspecified atom stereocenters. The molecule has 1 aliphatic carbocycles. The Morgan fingerprint density at radius 1 is 1.06 bits per heavy atom. The van der Waals surface area contributed by atoms with E-state index in [0.29, 0.717) is 13.1 Å². The van der Waals surface area contributed by atoms with E-state index < -0.39 is 11.6 Å². The maximum Gasteiger partial charge on any atom is 0.191 e. The highest BCUT2D eigenvalue weighted by Gasteiger charge is 2.50. The van der Waals surface area contributed by atoms with Crippen molar-refractivity contribution >= 4 is 17.2 Å². The normalized spacial score (nSPS) is 16.2. The van der Waals surface area contributed by atoms with E-state index in [1.165, 1.54) is 25.8 Å². The minimum atomic E-state index is -0.720. The second kappa shape index (κ2) is 7.11. The topological polar surface area (TPSA) is 64.4 Å². The summed E-state index contributed by atoms with van der Waals surface area (Å²) in [5.41, 5.74) is 2.73. The van der Waals surface area contributed by atoms with Crippen molar-refractivity contribution in [1.29, 1.82) is 0 Å². The largest absolute Gasteiger partial charge is 0.493 e. The van der Waals surface area contributed by atoms with E-state index in [1.54, 1.807) is 22.0 Å². The zero-order valence-electron chi connectivity index (χ0n) is 17.6. The minimum Gasteiger partial charge on any atom is -0.493 e. The summed E-state index contributed by atoms with van der Waals surface area (Å²) < 4.78 is 42.1. The Hall–Kier alpha value is -3.36. The number of aryl methyl sites for hydroxylation is 1. The summed E-state index contributed by atoms with van der Waals surface area (Å²) in [6, 6.07) is 3.28. The third-order valence-electron chi connectivity index (χ3n) is 6.11. The summed E-state index contributed by atoms with van der Waals surface area (Å²) in [4.78, 5) is 6.26. The number of hydrogen-bond acceptors (Lipinski definition) is 6. The highest BCUT2D eigenvalue weighted by molar-refractivity contribution is 5.63. The standard InChI is InChI=1S/C22H23F2N5O2/c1-28-11-14(9-26-28)27-18-6-15-13(8-25-18)10-29(12-22(15)4-5-22)21-19(23)16(30-2)7-17(31-3)20(21)24/h6-9,11H,4-5,10,12H2,1-3H3,(H,25,27). The van der Waals surface area contributed by atoms with Gasteiger partial charge in [-0.05, 0) is 30.0 Å². The fourth-order valence-electron chi connectivity index (χ4n) is 4.40. The SMILES string of the molecule is COc1cc(OC)c(F)c(N2Cc3cnc(Nc4cnn(C)c4)cc3C3(CC3)C2)c1F. The average Bonchev–Trinajstić information content (AvgIpc) is 3.40. The predicted octanol–water partition coefficient (Wildman–Crippen LogP) is 3.91. The summed E-state index contributed by atoms with van der Waals surface area (Å²) in [6.45, 7) is 0.863. The maximum absolute atomic E-state index is 15.1. The number of nitrogens with one attached hydrogen (secondary N) is 1. The average molecular weight is 427 g/mol. The number of nitrogens with zero attached hydrogens (tertiary/aromatic N) is 4. The van der Waals surface area contributed by atoms with Crippen molar-refractivity contribution < 1.29 is 18.3 Å². The van der Waals surface area contributed by atoms with Gasteiger partial charge in [-0.2, -0.15) is 5.10 Å². The van der Waals surface area contributed by atoms with Crippen LogP contribution in [0, 0.1) is 11.6 Å². The molecule has 5 rings (SSSR count). The van der Waals surface area contributed by atoms with E-state index in [1.807, 2.05) is 19.3 Å². The van der Waals surface area contributed by atoms with Gasteiger partial charge in [0, 0.05) is 44.0 Å². The number of rotatable bonds is 5. The number of pyridine rings is 1. The molecule has 1 aliphatic heterocycles. The van der Waals surface area contributed by atoms with Crippen LogP contribution < -0.4 is 19.7 Å². The molecule has 1 saturated carbocycles. The molecule has 1 fully saturated rings. The Labute approximate surface area is 178 Å². The van der Waals surface area contributed by atoms with Crippen molar-refractivity contribution in [2.75, 3.05) is 31.0 Å². The van der Waals surface area contributed by atoms with Crippen LogP contribution in [0.1, 0.15) is 24.0 Å². The number of benzene rings is 1. The van der Waals surface area contributed by atoms with Gasteiger partial charge in [0.1, 0.15) is 11.5 Å². The Balaban J connectivity index is 1.51. The molecule has 0 radical (unpaired) electrons. The second-order valence-corrected chi connectivity index (χ2v) is 8.15. The molecule has 0 bridgehead atoms. The van der Waals surface area contributed by atoms with Crippen molar-refractivity contribution in [3.05, 3.63) is 53.5 Å². The third kappa shape index (κ3) is 3.24. The van der Waals surface area contributed by atoms with E-state index in [2.05, 4.69) is 15.4 Å². The highest BCUT2D eigenvalue weighted by atomic mass is 19.1. The molecule has 1 spiro atoms. The lowest BCUT2D eigenvalue weighted by atomic mass is 9.87. The van der Waals surface area contributed by atoms with Gasteiger partial charge >= 0.3 is 0 Å². The van der Waals surface area contributed by atoms with Crippen LogP contribution in [0.4, 0.5) is 26.0 Å². The summed E-state index contributed by atoms with van der Waals surface area (Å²) >= 11 is 0. The lowest BCUT2D eigenvalue weighted by Crippen LogP contribution is -2.39. The van der Waals surface area contributed by atoms with Crippen LogP contribution in [-0.4, -0.2) is 35.5 Å². The van der Waals surface area contributed by atoms with Gasteiger partial charge in [0.15, 0.2) is 23.1 Å². The Bertz CT molecular complexity index is 1130. The van der Waals surface area contributed by atoms with E-state index >= 15 is 8.78 Å². The van der Waals surface area contributed by atoms with Crippen LogP contribution in [0.3, 0.4) is 0 Å². The first-order chi connectivity index (χ1) is 14.9. The monoisotopic (exact) mass is 427 g/mol. The van der Waals surface area contributed by atoms with E-state index in [9.17, 15) is 0 Å². The quantitative estimate of drug-likeness (QED) is 0.666. The molecule has 1 N–H and O–H groups in total. The first kappa shape index (κ1) is 19.6. The van der Waals surface area contributed by atoms with Gasteiger partial charge in [-0.1, -0.05) is 0 Å². The van der Waals surface area contributed by atoms with Crippen molar-refractivity contribution in [2.24, 2.45) is 7.05 Å². The lowest BCUT2D eigenvalue weighted by molar-refractivity contribution is 0.357. The smallest absolute Gasteiger partial charge is 0.191 e. The number of fused-ring (bicyclic) bond motifs is 2. The van der Waals surface area contributed by atoms with E-state index in [0.717, 1.165) is 29.9 Å². The molecule has 1 aromatic carbocycles. The van der Waals surface area contributed by atoms with Crippen LogP contribution in [0.2, 0.25) is 0 Å². The van der Waals surface area contributed by atoms with Gasteiger partial charge in [0.2, 0.25) is 0 Å². The molecule has 0 saturated heterocycles. The minimum absolute atomic E-state index is 0.0435. The number of hydrogen-bond donors (Lipinski definition) is 1. The highest BCUT2D eigenvalue weighted by Crippen LogP contribution is 2.54. The number of aromatic nitrogens is 3. The van der Waals surface area contributed by atoms with Gasteiger partial charge in [-0.15, -0.1) is 0 Å². The molecule has 31 heavy (non-hydrogen) atoms. The number of methoxy groups -OCH3 is 2. The van der Waals surface area contributed by atoms with Crippen LogP contribution in [0.5, 0.6) is 11.5 Å². The summed E-state index contributed by atoms with van der Waals surface area (Å²) in [5.74, 6) is -0.797. The summed E-state index contributed by atoms with van der Waals surface area (Å²) in [6.07, 6.45) is 7.30. The Kier molecular flexibility index (Phi) is 4.49. The van der Waals surface area contributed by atoms with Gasteiger partial charge in [-0.3, -0.25) is 4.68 Å². The molecule has 162 valence electrons. The van der Waals surface area contributed by atoms with Crippen LogP contribution in [-0.2, 0) is 19.0 Å². The van der Waals surface area contributed by atoms with Crippen molar-refractivity contribution in [2.45, 2.75) is 24.8 Å². The first-order valence-corrected chi connectivity index (χ1v) is 10.0. The molecular formula is C22H23F2N5O2. The Morgan fingerprint density at radius 2 is 1.77 bits per heavy atom. The fraction of sp³-hybridized carbons (Fsp3) is 0.364. The van der Waals surface area contributed by atoms with Crippen LogP contribution in [0.25, 0.3) is 0 Å². The molecular weight excluding hydrogens is 404 g/mol. The first-order valence-electron chi connectivity index (χ1n) is 10.0. The molecule has 7 nitrogen and oxygen atoms in total. The van der Waals surface area contributed by atoms with Crippen LogP contribution in [0.15, 0.2) is 30.7 Å². The maximum atomic E-state index is 15.1. The number of anilines is 3. The zero-order valence-corrected chi connectivity index (χ0v) is 17.6. The molecule has 9 heteroatoms. The molecule has 3 aromatic rings. The van der Waals surface area contributed by atoms with Crippen molar-refractivity contribution in [3.63, 3.8) is 0 Å². The zero-order chi connectivity index (χ0) is 21.8. The summed E-state index contributed by atoms with van der Waals surface area (Å²) in [7, 11) is 4.56. The fourth-order valence-corrected chi connectivity index (χ4v) is 4.40. The second-order valence-electron chi connectivity index (χ2n) is 8.15. The molecule has 2 aromatic heterocycles. The van der Waals surface area contributed by atoms with Gasteiger partial charge in [0.05, 0.1) is 26.1 Å². The van der Waals surface area contributed by atoms with Crippen LogP contribution >= 0.6 is 0 Å². The number of halogens is 2. The molecule has 0 atom stereocenters. The van der Waals surface area contributed by atoms with E-state index in [-0.39, 0.29) is 22.6 Å². The molecule has 3 heterocycles. The molecule has 2 aliphatic rings. The van der Waals surface area contributed by atoms with Crippen molar-refractivity contribution in [3.8, 4) is 11.5 Å². The van der Waals surface area contributed by atoms with Gasteiger partial charge in [-0.25, -0.2) is 13.8 Å². The summed E-state index contributed by atoms with van der Waals surface area (Å²) in [5, 5.41) is 7.43. The third-order valence-corrected chi connectivity index (χ3v) is 6.11. The predicted molar refractivity (Wildman–Crippen MR) is 112 cm³/mol. The van der Waals surface area contributed by atoms with E-state index in [4.69, 9.17) is 9.47 Å². The molecule has 0 amide bonds.